The number of anilines is 1. The van der Waals surface area contributed by atoms with E-state index in [1.807, 2.05) is 97.9 Å². The van der Waals surface area contributed by atoms with Crippen LogP contribution in [0, 0.1) is 6.92 Å². The minimum absolute atomic E-state index is 0.243. The Labute approximate surface area is 227 Å². The number of benzene rings is 5. The number of para-hydroxylation sites is 1. The Kier molecular flexibility index (Phi) is 5.42. The minimum atomic E-state index is -3.97. The fourth-order valence-electron chi connectivity index (χ4n) is 5.52. The first-order valence-electron chi connectivity index (χ1n) is 12.9. The maximum atomic E-state index is 14.5. The van der Waals surface area contributed by atoms with Crippen molar-refractivity contribution in [2.24, 2.45) is 0 Å². The van der Waals surface area contributed by atoms with Crippen molar-refractivity contribution in [3.8, 4) is 0 Å². The molecule has 0 N–H and O–H groups in total. The number of fused-ring (bicyclic) bond motifs is 4. The maximum absolute atomic E-state index is 14.5. The summed E-state index contributed by atoms with van der Waals surface area (Å²) in [6.07, 6.45) is 2.04. The van der Waals surface area contributed by atoms with Crippen LogP contribution in [-0.4, -0.2) is 8.42 Å². The van der Waals surface area contributed by atoms with Gasteiger partial charge in [0.15, 0.2) is 5.76 Å². The number of hydrogen-bond acceptors (Lipinski definition) is 3. The zero-order chi connectivity index (χ0) is 26.6. The molecule has 39 heavy (non-hydrogen) atoms. The van der Waals surface area contributed by atoms with Crippen molar-refractivity contribution in [3.63, 3.8) is 0 Å². The lowest BCUT2D eigenvalue weighted by Gasteiger charge is -2.35. The molecular formula is C34H25NO3S. The lowest BCUT2D eigenvalue weighted by Crippen LogP contribution is -2.36. The second-order valence-electron chi connectivity index (χ2n) is 9.85. The molecule has 0 amide bonds. The Balaban J connectivity index is 1.58. The smallest absolute Gasteiger partial charge is 0.265 e. The van der Waals surface area contributed by atoms with E-state index in [4.69, 9.17) is 4.42 Å². The first-order chi connectivity index (χ1) is 19.0. The molecule has 1 unspecified atom stereocenters. The number of rotatable bonds is 4. The van der Waals surface area contributed by atoms with E-state index in [-0.39, 0.29) is 4.90 Å². The molecule has 1 aromatic heterocycles. The Hall–Kier alpha value is -4.61. The van der Waals surface area contributed by atoms with Crippen LogP contribution in [0.4, 0.5) is 5.69 Å². The molecule has 190 valence electrons. The van der Waals surface area contributed by atoms with Crippen LogP contribution >= 0.6 is 0 Å². The van der Waals surface area contributed by atoms with Crippen molar-refractivity contribution in [2.75, 3.05) is 4.31 Å². The average molecular weight is 528 g/mol. The highest BCUT2D eigenvalue weighted by molar-refractivity contribution is 7.92. The Bertz CT molecular complexity index is 1980. The number of aryl methyl sites for hydroxylation is 1. The van der Waals surface area contributed by atoms with Gasteiger partial charge in [-0.1, -0.05) is 103 Å². The molecule has 6 aromatic rings. The molecular weight excluding hydrogens is 502 g/mol. The normalized spacial score (nSPS) is 15.4. The first kappa shape index (κ1) is 23.5. The van der Waals surface area contributed by atoms with Gasteiger partial charge in [0.05, 0.1) is 10.9 Å². The van der Waals surface area contributed by atoms with E-state index >= 15 is 0 Å². The lowest BCUT2D eigenvalue weighted by molar-refractivity contribution is 0.576. The average Bonchev–Trinajstić information content (AvgIpc) is 3.36. The fourth-order valence-corrected chi connectivity index (χ4v) is 7.13. The van der Waals surface area contributed by atoms with Crippen LogP contribution in [0.1, 0.15) is 28.5 Å². The van der Waals surface area contributed by atoms with Crippen molar-refractivity contribution in [3.05, 3.63) is 150 Å². The van der Waals surface area contributed by atoms with E-state index in [1.165, 1.54) is 0 Å². The topological polar surface area (TPSA) is 50.5 Å². The third-order valence-corrected chi connectivity index (χ3v) is 9.21. The van der Waals surface area contributed by atoms with E-state index in [2.05, 4.69) is 24.3 Å². The molecule has 0 saturated carbocycles. The van der Waals surface area contributed by atoms with E-state index in [0.717, 1.165) is 38.4 Å². The van der Waals surface area contributed by atoms with Crippen molar-refractivity contribution < 1.29 is 12.8 Å². The highest BCUT2D eigenvalue weighted by Gasteiger charge is 2.41. The van der Waals surface area contributed by atoms with Gasteiger partial charge in [0.25, 0.3) is 10.0 Å². The third kappa shape index (κ3) is 3.77. The molecule has 0 spiro atoms. The number of furan rings is 1. The lowest BCUT2D eigenvalue weighted by atomic mass is 9.90. The molecule has 0 radical (unpaired) electrons. The van der Waals surface area contributed by atoms with Crippen LogP contribution in [0.3, 0.4) is 0 Å². The molecule has 0 saturated heterocycles. The minimum Gasteiger partial charge on any atom is -0.454 e. The van der Waals surface area contributed by atoms with Gasteiger partial charge < -0.3 is 4.42 Å². The van der Waals surface area contributed by atoms with Gasteiger partial charge in [0, 0.05) is 11.0 Å². The van der Waals surface area contributed by atoms with Gasteiger partial charge in [0.1, 0.15) is 11.3 Å². The molecule has 7 rings (SSSR count). The summed E-state index contributed by atoms with van der Waals surface area (Å²) in [5, 5.41) is 2.95. The molecule has 1 aliphatic heterocycles. The third-order valence-electron chi connectivity index (χ3n) is 7.41. The molecule has 1 aliphatic rings. The van der Waals surface area contributed by atoms with Crippen LogP contribution in [-0.2, 0) is 10.0 Å². The van der Waals surface area contributed by atoms with Crippen LogP contribution in [0.5, 0.6) is 0 Å². The van der Waals surface area contributed by atoms with Gasteiger partial charge in [-0.25, -0.2) is 8.42 Å². The molecule has 0 bridgehead atoms. The van der Waals surface area contributed by atoms with E-state index < -0.39 is 16.1 Å². The monoisotopic (exact) mass is 527 g/mol. The standard InChI is InChI=1S/C34H25NO3S/c1-23-18-20-26(21-19-23)39(36,37)35-31(25-11-3-2-4-12-25)22-30(28-16-9-13-24-10-5-6-14-27(24)28)34-33(35)29-15-7-8-17-32(29)38-34/h2-22,31H,1H3. The SMILES string of the molecule is Cc1ccc(S(=O)(=O)N2c3c(oc4ccccc34)C(c3cccc4ccccc34)=CC2c2ccccc2)cc1. The summed E-state index contributed by atoms with van der Waals surface area (Å²) >= 11 is 0. The molecule has 2 heterocycles. The highest BCUT2D eigenvalue weighted by Crippen LogP contribution is 2.51. The fraction of sp³-hybridized carbons (Fsp3) is 0.0588. The zero-order valence-electron chi connectivity index (χ0n) is 21.3. The van der Waals surface area contributed by atoms with Crippen molar-refractivity contribution >= 4 is 43.0 Å². The van der Waals surface area contributed by atoms with Gasteiger partial charge in [-0.2, -0.15) is 0 Å². The van der Waals surface area contributed by atoms with Gasteiger partial charge in [0.2, 0.25) is 0 Å². The van der Waals surface area contributed by atoms with E-state index in [0.29, 0.717) is 17.0 Å². The Morgan fingerprint density at radius 3 is 2.15 bits per heavy atom. The van der Waals surface area contributed by atoms with Gasteiger partial charge >= 0.3 is 0 Å². The molecule has 5 heteroatoms. The molecule has 1 atom stereocenters. The Morgan fingerprint density at radius 2 is 1.36 bits per heavy atom. The summed E-state index contributed by atoms with van der Waals surface area (Å²) in [6.45, 7) is 1.95. The van der Waals surface area contributed by atoms with E-state index in [9.17, 15) is 8.42 Å². The molecule has 0 fully saturated rings. The second-order valence-corrected chi connectivity index (χ2v) is 11.7. The zero-order valence-corrected chi connectivity index (χ0v) is 22.1. The summed E-state index contributed by atoms with van der Waals surface area (Å²) in [6, 6.07) is 38.3. The Morgan fingerprint density at radius 1 is 0.692 bits per heavy atom. The number of sulfonamides is 1. The van der Waals surface area contributed by atoms with E-state index in [1.54, 1.807) is 16.4 Å². The molecule has 4 nitrogen and oxygen atoms in total. The summed E-state index contributed by atoms with van der Waals surface area (Å²) in [5.41, 5.74) is 4.96. The van der Waals surface area contributed by atoms with Crippen molar-refractivity contribution in [1.29, 1.82) is 0 Å². The largest absolute Gasteiger partial charge is 0.454 e. The summed E-state index contributed by atoms with van der Waals surface area (Å²) in [5.74, 6) is 0.551. The van der Waals surface area contributed by atoms with Gasteiger partial charge in [-0.3, -0.25) is 4.31 Å². The molecule has 5 aromatic carbocycles. The number of nitrogens with zero attached hydrogens (tertiary/aromatic N) is 1. The van der Waals surface area contributed by atoms with Crippen molar-refractivity contribution in [1.82, 2.24) is 0 Å². The summed E-state index contributed by atoms with van der Waals surface area (Å²) in [7, 11) is -3.97. The van der Waals surface area contributed by atoms with Gasteiger partial charge in [-0.15, -0.1) is 0 Å². The summed E-state index contributed by atoms with van der Waals surface area (Å²) in [4.78, 5) is 0.243. The second kappa shape index (κ2) is 9.00. The van der Waals surface area contributed by atoms with Crippen LogP contribution in [0.15, 0.2) is 137 Å². The van der Waals surface area contributed by atoms with Crippen LogP contribution < -0.4 is 4.31 Å². The highest BCUT2D eigenvalue weighted by atomic mass is 32.2. The molecule has 0 aliphatic carbocycles. The quantitative estimate of drug-likeness (QED) is 0.232. The summed E-state index contributed by atoms with van der Waals surface area (Å²) < 4.78 is 37.0. The first-order valence-corrected chi connectivity index (χ1v) is 14.3. The predicted molar refractivity (Wildman–Crippen MR) is 157 cm³/mol. The predicted octanol–water partition coefficient (Wildman–Crippen LogP) is 8.28. The van der Waals surface area contributed by atoms with Crippen molar-refractivity contribution in [2.45, 2.75) is 17.9 Å². The van der Waals surface area contributed by atoms with Crippen LogP contribution in [0.25, 0.3) is 27.3 Å². The maximum Gasteiger partial charge on any atom is 0.265 e. The van der Waals surface area contributed by atoms with Crippen LogP contribution in [0.2, 0.25) is 0 Å². The number of hydrogen-bond donors (Lipinski definition) is 0. The van der Waals surface area contributed by atoms with Gasteiger partial charge in [-0.05, 0) is 59.2 Å².